The lowest BCUT2D eigenvalue weighted by Crippen LogP contribution is -2.10. The van der Waals surface area contributed by atoms with Gasteiger partial charge in [-0.15, -0.1) is 0 Å². The SMILES string of the molecule is NC(=O)c1oc2ccccc2c1-c1ccc(Br)cc1. The highest BCUT2D eigenvalue weighted by molar-refractivity contribution is 9.10. The fourth-order valence-corrected chi connectivity index (χ4v) is 2.39. The molecular weight excluding hydrogens is 306 g/mol. The highest BCUT2D eigenvalue weighted by Crippen LogP contribution is 2.35. The Labute approximate surface area is 118 Å². The number of carbonyl (C=O) groups is 1. The number of benzene rings is 2. The smallest absolute Gasteiger partial charge is 0.285 e. The van der Waals surface area contributed by atoms with Crippen molar-refractivity contribution in [2.45, 2.75) is 0 Å². The Bertz CT molecular complexity index is 759. The summed E-state index contributed by atoms with van der Waals surface area (Å²) in [4.78, 5) is 11.6. The molecule has 19 heavy (non-hydrogen) atoms. The Hall–Kier alpha value is -2.07. The number of carbonyl (C=O) groups excluding carboxylic acids is 1. The van der Waals surface area contributed by atoms with Crippen LogP contribution in [-0.4, -0.2) is 5.91 Å². The first-order valence-corrected chi connectivity index (χ1v) is 6.53. The number of amides is 1. The molecule has 1 heterocycles. The summed E-state index contributed by atoms with van der Waals surface area (Å²) < 4.78 is 6.54. The molecule has 0 radical (unpaired) electrons. The third-order valence-electron chi connectivity index (χ3n) is 2.95. The number of hydrogen-bond donors (Lipinski definition) is 1. The molecule has 1 aromatic heterocycles. The summed E-state index contributed by atoms with van der Waals surface area (Å²) >= 11 is 3.39. The van der Waals surface area contributed by atoms with E-state index in [9.17, 15) is 4.79 Å². The van der Waals surface area contributed by atoms with Crippen LogP contribution in [0, 0.1) is 0 Å². The maximum atomic E-state index is 11.6. The lowest BCUT2D eigenvalue weighted by Gasteiger charge is -2.01. The molecule has 2 aromatic carbocycles. The minimum Gasteiger partial charge on any atom is -0.450 e. The minimum absolute atomic E-state index is 0.198. The van der Waals surface area contributed by atoms with E-state index in [1.165, 1.54) is 0 Å². The first-order chi connectivity index (χ1) is 9.16. The van der Waals surface area contributed by atoms with Crippen LogP contribution >= 0.6 is 15.9 Å². The molecule has 0 saturated heterocycles. The first-order valence-electron chi connectivity index (χ1n) is 5.74. The van der Waals surface area contributed by atoms with Gasteiger partial charge in [-0.05, 0) is 23.8 Å². The molecule has 0 aliphatic carbocycles. The van der Waals surface area contributed by atoms with E-state index in [4.69, 9.17) is 10.2 Å². The van der Waals surface area contributed by atoms with Gasteiger partial charge in [0, 0.05) is 15.4 Å². The van der Waals surface area contributed by atoms with E-state index in [0.717, 1.165) is 21.0 Å². The van der Waals surface area contributed by atoms with Crippen LogP contribution < -0.4 is 5.73 Å². The number of primary amides is 1. The summed E-state index contributed by atoms with van der Waals surface area (Å²) in [6, 6.07) is 15.2. The minimum atomic E-state index is -0.561. The largest absolute Gasteiger partial charge is 0.450 e. The molecule has 0 atom stereocenters. The van der Waals surface area contributed by atoms with Crippen molar-refractivity contribution in [1.29, 1.82) is 0 Å². The molecular formula is C15H10BrNO2. The van der Waals surface area contributed by atoms with E-state index in [0.29, 0.717) is 5.58 Å². The van der Waals surface area contributed by atoms with Crippen molar-refractivity contribution in [2.75, 3.05) is 0 Å². The topological polar surface area (TPSA) is 56.2 Å². The van der Waals surface area contributed by atoms with E-state index in [1.54, 1.807) is 0 Å². The second-order valence-electron chi connectivity index (χ2n) is 4.17. The highest BCUT2D eigenvalue weighted by atomic mass is 79.9. The molecule has 0 fully saturated rings. The monoisotopic (exact) mass is 315 g/mol. The number of halogens is 1. The third kappa shape index (κ3) is 2.04. The summed E-state index contributed by atoms with van der Waals surface area (Å²) in [5.41, 5.74) is 7.72. The van der Waals surface area contributed by atoms with Crippen LogP contribution in [0.25, 0.3) is 22.1 Å². The zero-order valence-corrected chi connectivity index (χ0v) is 11.5. The fraction of sp³-hybridized carbons (Fsp3) is 0. The Balaban J connectivity index is 2.34. The van der Waals surface area contributed by atoms with Gasteiger partial charge in [-0.2, -0.15) is 0 Å². The summed E-state index contributed by atoms with van der Waals surface area (Å²) in [6.45, 7) is 0. The molecule has 4 heteroatoms. The third-order valence-corrected chi connectivity index (χ3v) is 3.48. The van der Waals surface area contributed by atoms with Gasteiger partial charge in [0.1, 0.15) is 5.58 Å². The van der Waals surface area contributed by atoms with Gasteiger partial charge in [-0.25, -0.2) is 0 Å². The zero-order chi connectivity index (χ0) is 13.4. The van der Waals surface area contributed by atoms with Gasteiger partial charge in [0.05, 0.1) is 0 Å². The number of furan rings is 1. The molecule has 0 unspecified atom stereocenters. The standard InChI is InChI=1S/C15H10BrNO2/c16-10-7-5-9(6-8-10)13-11-3-1-2-4-12(11)19-14(13)15(17)18/h1-8H,(H2,17,18). The van der Waals surface area contributed by atoms with Crippen LogP contribution in [-0.2, 0) is 0 Å². The zero-order valence-electron chi connectivity index (χ0n) is 9.89. The van der Waals surface area contributed by atoms with Crippen LogP contribution in [0.1, 0.15) is 10.6 Å². The number of fused-ring (bicyclic) bond motifs is 1. The first kappa shape index (κ1) is 12.0. The molecule has 0 saturated carbocycles. The molecule has 2 N–H and O–H groups in total. The Morgan fingerprint density at radius 1 is 1.05 bits per heavy atom. The van der Waals surface area contributed by atoms with E-state index < -0.39 is 5.91 Å². The Morgan fingerprint density at radius 3 is 2.42 bits per heavy atom. The molecule has 0 spiro atoms. The van der Waals surface area contributed by atoms with Crippen molar-refractivity contribution in [1.82, 2.24) is 0 Å². The van der Waals surface area contributed by atoms with Gasteiger partial charge in [-0.1, -0.05) is 46.3 Å². The lowest BCUT2D eigenvalue weighted by molar-refractivity contribution is 0.0977. The van der Waals surface area contributed by atoms with Crippen molar-refractivity contribution in [3.05, 3.63) is 58.8 Å². The van der Waals surface area contributed by atoms with Crippen LogP contribution in [0.3, 0.4) is 0 Å². The number of nitrogens with two attached hydrogens (primary N) is 1. The van der Waals surface area contributed by atoms with Gasteiger partial charge in [0.2, 0.25) is 0 Å². The second-order valence-corrected chi connectivity index (χ2v) is 5.09. The molecule has 94 valence electrons. The van der Waals surface area contributed by atoms with Crippen molar-refractivity contribution >= 4 is 32.8 Å². The molecule has 0 bridgehead atoms. The average molecular weight is 316 g/mol. The van der Waals surface area contributed by atoms with E-state index in [-0.39, 0.29) is 5.76 Å². The van der Waals surface area contributed by atoms with Crippen LogP contribution in [0.5, 0.6) is 0 Å². The van der Waals surface area contributed by atoms with E-state index in [1.807, 2.05) is 48.5 Å². The van der Waals surface area contributed by atoms with Gasteiger partial charge >= 0.3 is 0 Å². The normalized spacial score (nSPS) is 10.8. The van der Waals surface area contributed by atoms with Gasteiger partial charge in [0.15, 0.2) is 5.76 Å². The Morgan fingerprint density at radius 2 is 1.74 bits per heavy atom. The summed E-state index contributed by atoms with van der Waals surface area (Å²) in [5, 5.41) is 0.888. The predicted molar refractivity (Wildman–Crippen MR) is 77.9 cm³/mol. The number of rotatable bonds is 2. The maximum absolute atomic E-state index is 11.6. The quantitative estimate of drug-likeness (QED) is 0.778. The fourth-order valence-electron chi connectivity index (χ4n) is 2.12. The van der Waals surface area contributed by atoms with Crippen molar-refractivity contribution < 1.29 is 9.21 Å². The molecule has 0 aliphatic heterocycles. The van der Waals surface area contributed by atoms with Crippen LogP contribution in [0.2, 0.25) is 0 Å². The van der Waals surface area contributed by atoms with Gasteiger partial charge in [0.25, 0.3) is 5.91 Å². The molecule has 3 rings (SSSR count). The molecule has 1 amide bonds. The summed E-state index contributed by atoms with van der Waals surface area (Å²) in [6.07, 6.45) is 0. The van der Waals surface area contributed by atoms with Crippen molar-refractivity contribution in [3.63, 3.8) is 0 Å². The molecule has 0 aliphatic rings. The van der Waals surface area contributed by atoms with Crippen LogP contribution in [0.4, 0.5) is 0 Å². The van der Waals surface area contributed by atoms with E-state index >= 15 is 0 Å². The van der Waals surface area contributed by atoms with Gasteiger partial charge in [-0.3, -0.25) is 4.79 Å². The van der Waals surface area contributed by atoms with Crippen molar-refractivity contribution in [3.8, 4) is 11.1 Å². The highest BCUT2D eigenvalue weighted by Gasteiger charge is 2.19. The second kappa shape index (κ2) is 4.55. The summed E-state index contributed by atoms with van der Waals surface area (Å²) in [7, 11) is 0. The van der Waals surface area contributed by atoms with Crippen LogP contribution in [0.15, 0.2) is 57.4 Å². The predicted octanol–water partition coefficient (Wildman–Crippen LogP) is 3.96. The number of hydrogen-bond acceptors (Lipinski definition) is 2. The maximum Gasteiger partial charge on any atom is 0.285 e. The lowest BCUT2D eigenvalue weighted by atomic mass is 10.0. The molecule has 3 nitrogen and oxygen atoms in total. The molecule has 3 aromatic rings. The summed E-state index contributed by atoms with van der Waals surface area (Å²) in [5.74, 6) is -0.363. The Kier molecular flexibility index (Phi) is 2.87. The number of para-hydroxylation sites is 1. The van der Waals surface area contributed by atoms with Crippen molar-refractivity contribution in [2.24, 2.45) is 5.73 Å². The van der Waals surface area contributed by atoms with Gasteiger partial charge < -0.3 is 10.2 Å². The average Bonchev–Trinajstić information content (AvgIpc) is 2.79. The van der Waals surface area contributed by atoms with E-state index in [2.05, 4.69) is 15.9 Å².